The first-order chi connectivity index (χ1) is 13.8. The summed E-state index contributed by atoms with van der Waals surface area (Å²) in [7, 11) is 0. The zero-order valence-electron chi connectivity index (χ0n) is 15.5. The van der Waals surface area contributed by atoms with Gasteiger partial charge < -0.3 is 20.9 Å². The number of benzene rings is 1. The second kappa shape index (κ2) is 8.93. The maximum atomic E-state index is 13.0. The lowest BCUT2D eigenvalue weighted by atomic mass is 10.2. The molecule has 156 valence electrons. The smallest absolute Gasteiger partial charge is 0.370 e. The Labute approximate surface area is 165 Å². The Morgan fingerprint density at radius 3 is 2.45 bits per heavy atom. The Bertz CT molecular complexity index is 831. The molecule has 0 amide bonds. The molecule has 3 rings (SSSR count). The highest BCUT2D eigenvalue weighted by molar-refractivity contribution is 5.78. The maximum absolute atomic E-state index is 13.0. The molecule has 1 saturated heterocycles. The van der Waals surface area contributed by atoms with Crippen molar-refractivity contribution in [1.29, 1.82) is 0 Å². The number of anilines is 2. The predicted octanol–water partition coefficient (Wildman–Crippen LogP) is 2.18. The van der Waals surface area contributed by atoms with Crippen molar-refractivity contribution in [3.63, 3.8) is 0 Å². The van der Waals surface area contributed by atoms with Crippen molar-refractivity contribution in [2.75, 3.05) is 49.5 Å². The summed E-state index contributed by atoms with van der Waals surface area (Å²) in [6, 6.07) is 7.15. The number of guanidine groups is 1. The molecule has 0 unspecified atom stereocenters. The minimum atomic E-state index is -4.52. The molecule has 2 heterocycles. The Balaban J connectivity index is 1.44. The minimum absolute atomic E-state index is 0.110. The molecule has 0 spiro atoms. The van der Waals surface area contributed by atoms with Crippen LogP contribution < -0.4 is 16.0 Å². The van der Waals surface area contributed by atoms with Crippen molar-refractivity contribution in [3.8, 4) is 0 Å². The Hall–Kier alpha value is -3.11. The fourth-order valence-corrected chi connectivity index (χ4v) is 2.89. The third-order valence-electron chi connectivity index (χ3n) is 4.41. The van der Waals surface area contributed by atoms with Gasteiger partial charge in [0.15, 0.2) is 5.96 Å². The number of nitrogens with two attached hydrogens (primary N) is 1. The first-order valence-electron chi connectivity index (χ1n) is 9.02. The first-order valence-corrected chi connectivity index (χ1v) is 9.02. The number of nitrogens with zero attached hydrogens (tertiary/aromatic N) is 5. The average Bonchev–Trinajstić information content (AvgIpc) is 2.71. The van der Waals surface area contributed by atoms with Gasteiger partial charge in [0.2, 0.25) is 5.95 Å². The van der Waals surface area contributed by atoms with Gasteiger partial charge in [-0.25, -0.2) is 14.4 Å². The van der Waals surface area contributed by atoms with Gasteiger partial charge in [0.1, 0.15) is 11.5 Å². The van der Waals surface area contributed by atoms with E-state index in [9.17, 15) is 17.6 Å². The molecule has 2 aromatic rings. The molecule has 0 aliphatic carbocycles. The van der Waals surface area contributed by atoms with Crippen LogP contribution in [0.5, 0.6) is 0 Å². The van der Waals surface area contributed by atoms with Gasteiger partial charge in [-0.1, -0.05) is 0 Å². The molecular formula is C18H21F4N7. The monoisotopic (exact) mass is 411 g/mol. The maximum Gasteiger partial charge on any atom is 0.433 e. The van der Waals surface area contributed by atoms with Crippen molar-refractivity contribution in [2.45, 2.75) is 6.18 Å². The van der Waals surface area contributed by atoms with Gasteiger partial charge >= 0.3 is 6.18 Å². The summed E-state index contributed by atoms with van der Waals surface area (Å²) < 4.78 is 50.9. The van der Waals surface area contributed by atoms with E-state index in [0.29, 0.717) is 19.0 Å². The lowest BCUT2D eigenvalue weighted by molar-refractivity contribution is -0.141. The summed E-state index contributed by atoms with van der Waals surface area (Å²) >= 11 is 0. The largest absolute Gasteiger partial charge is 0.433 e. The molecule has 11 heteroatoms. The third-order valence-corrected chi connectivity index (χ3v) is 4.41. The zero-order chi connectivity index (χ0) is 20.9. The van der Waals surface area contributed by atoms with Gasteiger partial charge in [-0.2, -0.15) is 13.2 Å². The quantitative estimate of drug-likeness (QED) is 0.340. The summed E-state index contributed by atoms with van der Waals surface area (Å²) in [5, 5.41) is 2.71. The van der Waals surface area contributed by atoms with Crippen LogP contribution in [0.4, 0.5) is 29.2 Å². The van der Waals surface area contributed by atoms with Crippen molar-refractivity contribution >= 4 is 17.6 Å². The van der Waals surface area contributed by atoms with Crippen LogP contribution in [-0.2, 0) is 6.18 Å². The lowest BCUT2D eigenvalue weighted by Crippen LogP contribution is -2.51. The molecule has 1 aromatic carbocycles. The van der Waals surface area contributed by atoms with Crippen LogP contribution in [0.25, 0.3) is 0 Å². The summed E-state index contributed by atoms with van der Waals surface area (Å²) in [5.74, 6) is -0.00932. The molecule has 0 saturated carbocycles. The SMILES string of the molecule is NC(=NCCNc1nccc(C(F)(F)F)n1)N1CCN(c2ccc(F)cc2)CC1. The minimum Gasteiger partial charge on any atom is -0.370 e. The van der Waals surface area contributed by atoms with Gasteiger partial charge in [-0.15, -0.1) is 0 Å². The van der Waals surface area contributed by atoms with Crippen LogP contribution in [0.3, 0.4) is 0 Å². The first kappa shape index (κ1) is 20.6. The van der Waals surface area contributed by atoms with E-state index in [2.05, 4.69) is 25.2 Å². The van der Waals surface area contributed by atoms with Gasteiger partial charge in [-0.05, 0) is 30.3 Å². The van der Waals surface area contributed by atoms with E-state index in [4.69, 9.17) is 5.73 Å². The van der Waals surface area contributed by atoms with E-state index in [0.717, 1.165) is 31.0 Å². The van der Waals surface area contributed by atoms with Gasteiger partial charge in [0.05, 0.1) is 6.54 Å². The van der Waals surface area contributed by atoms with Gasteiger partial charge in [-0.3, -0.25) is 4.99 Å². The number of rotatable bonds is 5. The number of halogens is 4. The summed E-state index contributed by atoms with van der Waals surface area (Å²) in [6.45, 7) is 3.28. The molecule has 1 fully saturated rings. The van der Waals surface area contributed by atoms with Crippen molar-refractivity contribution in [3.05, 3.63) is 48.0 Å². The predicted molar refractivity (Wildman–Crippen MR) is 102 cm³/mol. The summed E-state index contributed by atoms with van der Waals surface area (Å²) in [6.07, 6.45) is -3.46. The number of piperazine rings is 1. The number of aliphatic imine (C=N–C) groups is 1. The Morgan fingerprint density at radius 2 is 1.79 bits per heavy atom. The van der Waals surface area contributed by atoms with E-state index >= 15 is 0 Å². The molecule has 3 N–H and O–H groups in total. The van der Waals surface area contributed by atoms with Crippen LogP contribution in [0.15, 0.2) is 41.5 Å². The molecule has 0 radical (unpaired) electrons. The fourth-order valence-electron chi connectivity index (χ4n) is 2.89. The molecule has 0 bridgehead atoms. The second-order valence-corrected chi connectivity index (χ2v) is 6.38. The van der Waals surface area contributed by atoms with Crippen molar-refractivity contribution < 1.29 is 17.6 Å². The highest BCUT2D eigenvalue weighted by Crippen LogP contribution is 2.27. The van der Waals surface area contributed by atoms with Crippen LogP contribution in [0.2, 0.25) is 0 Å². The highest BCUT2D eigenvalue weighted by atomic mass is 19.4. The normalized spacial score (nSPS) is 15.5. The molecule has 29 heavy (non-hydrogen) atoms. The Kier molecular flexibility index (Phi) is 6.35. The van der Waals surface area contributed by atoms with Crippen LogP contribution in [0.1, 0.15) is 5.69 Å². The van der Waals surface area contributed by atoms with E-state index in [1.54, 1.807) is 12.1 Å². The van der Waals surface area contributed by atoms with E-state index in [1.165, 1.54) is 12.1 Å². The highest BCUT2D eigenvalue weighted by Gasteiger charge is 2.32. The average molecular weight is 411 g/mol. The van der Waals surface area contributed by atoms with Crippen LogP contribution >= 0.6 is 0 Å². The van der Waals surface area contributed by atoms with Gasteiger partial charge in [0.25, 0.3) is 0 Å². The summed E-state index contributed by atoms with van der Waals surface area (Å²) in [5.41, 5.74) is 5.96. The summed E-state index contributed by atoms with van der Waals surface area (Å²) in [4.78, 5) is 15.5. The number of hydrogen-bond acceptors (Lipinski definition) is 5. The molecular weight excluding hydrogens is 390 g/mol. The number of alkyl halides is 3. The number of hydrogen-bond donors (Lipinski definition) is 2. The van der Waals surface area contributed by atoms with Crippen molar-refractivity contribution in [2.24, 2.45) is 10.7 Å². The number of aromatic nitrogens is 2. The topological polar surface area (TPSA) is 82.7 Å². The zero-order valence-corrected chi connectivity index (χ0v) is 15.5. The van der Waals surface area contributed by atoms with Crippen molar-refractivity contribution in [1.82, 2.24) is 14.9 Å². The fraction of sp³-hybridized carbons (Fsp3) is 0.389. The third kappa shape index (κ3) is 5.69. The molecule has 7 nitrogen and oxygen atoms in total. The van der Waals surface area contributed by atoms with Gasteiger partial charge in [0, 0.05) is 44.6 Å². The molecule has 1 aliphatic heterocycles. The van der Waals surface area contributed by atoms with Crippen LogP contribution in [-0.4, -0.2) is 60.1 Å². The molecule has 1 aliphatic rings. The molecule has 0 atom stereocenters. The Morgan fingerprint density at radius 1 is 1.10 bits per heavy atom. The van der Waals surface area contributed by atoms with Crippen LogP contribution in [0, 0.1) is 5.82 Å². The second-order valence-electron chi connectivity index (χ2n) is 6.38. The van der Waals surface area contributed by atoms with E-state index in [1.807, 2.05) is 4.90 Å². The number of nitrogens with one attached hydrogen (secondary N) is 1. The molecule has 1 aromatic heterocycles. The lowest BCUT2D eigenvalue weighted by Gasteiger charge is -2.36. The standard InChI is InChI=1S/C18H21F4N7/c19-13-1-3-14(4-2-13)28-9-11-29(12-10-28)16(23)24-7-8-26-17-25-6-5-15(27-17)18(20,21)22/h1-6H,7-12H2,(H2,23,24)(H,25,26,27). The van der Waals surface area contributed by atoms with E-state index < -0.39 is 11.9 Å². The van der Waals surface area contributed by atoms with E-state index in [-0.39, 0.29) is 24.9 Å².